The van der Waals surface area contributed by atoms with E-state index in [0.29, 0.717) is 13.2 Å². The first kappa shape index (κ1) is 17.0. The van der Waals surface area contributed by atoms with E-state index in [1.807, 2.05) is 18.2 Å². The molecule has 3 aromatic rings. The molecule has 0 atom stereocenters. The fraction of sp³-hybridized carbons (Fsp3) is 0.182. The Hall–Kier alpha value is -2.81. The minimum atomic E-state index is -0.234. The smallest absolute Gasteiger partial charge is 0.124 e. The van der Waals surface area contributed by atoms with Gasteiger partial charge in [0.1, 0.15) is 18.2 Å². The average molecular weight is 335 g/mol. The van der Waals surface area contributed by atoms with Gasteiger partial charge in [-0.3, -0.25) is 0 Å². The van der Waals surface area contributed by atoms with Crippen molar-refractivity contribution in [3.05, 3.63) is 94.8 Å². The highest BCUT2D eigenvalue weighted by Crippen LogP contribution is 2.23. The lowest BCUT2D eigenvalue weighted by Gasteiger charge is -2.14. The van der Waals surface area contributed by atoms with Crippen LogP contribution in [0.4, 0.5) is 10.1 Å². The first-order valence-electron chi connectivity index (χ1n) is 8.38. The molecule has 0 saturated carbocycles. The molecule has 2 nitrogen and oxygen atoms in total. The first-order chi connectivity index (χ1) is 12.1. The molecule has 0 unspecified atom stereocenters. The molecule has 0 fully saturated rings. The Bertz CT molecular complexity index is 843. The van der Waals surface area contributed by atoms with Crippen LogP contribution >= 0.6 is 0 Å². The Labute approximate surface area is 148 Å². The minimum absolute atomic E-state index is 0.234. The van der Waals surface area contributed by atoms with Crippen LogP contribution in [0.15, 0.2) is 66.7 Å². The van der Waals surface area contributed by atoms with Gasteiger partial charge in [0, 0.05) is 17.8 Å². The number of rotatable bonds is 6. The normalized spacial score (nSPS) is 10.5. The van der Waals surface area contributed by atoms with E-state index in [4.69, 9.17) is 4.74 Å². The Morgan fingerprint density at radius 3 is 2.48 bits per heavy atom. The van der Waals surface area contributed by atoms with Crippen molar-refractivity contribution in [1.29, 1.82) is 0 Å². The van der Waals surface area contributed by atoms with Gasteiger partial charge in [0.2, 0.25) is 0 Å². The molecule has 0 saturated heterocycles. The van der Waals surface area contributed by atoms with Crippen molar-refractivity contribution in [1.82, 2.24) is 0 Å². The summed E-state index contributed by atoms with van der Waals surface area (Å²) in [4.78, 5) is 0. The molecule has 1 N–H and O–H groups in total. The van der Waals surface area contributed by atoms with Gasteiger partial charge >= 0.3 is 0 Å². The zero-order chi connectivity index (χ0) is 17.6. The lowest BCUT2D eigenvalue weighted by molar-refractivity contribution is 0.303. The third kappa shape index (κ3) is 4.60. The lowest BCUT2D eigenvalue weighted by Crippen LogP contribution is -2.04. The summed E-state index contributed by atoms with van der Waals surface area (Å²) >= 11 is 0. The van der Waals surface area contributed by atoms with Gasteiger partial charge in [-0.05, 0) is 54.8 Å². The van der Waals surface area contributed by atoms with Crippen LogP contribution in [0.3, 0.4) is 0 Å². The minimum Gasteiger partial charge on any atom is -0.489 e. The molecular formula is C22H22FNO. The maximum atomic E-state index is 13.0. The lowest BCUT2D eigenvalue weighted by atomic mass is 10.1. The summed E-state index contributed by atoms with van der Waals surface area (Å²) in [6.45, 7) is 5.29. The highest BCUT2D eigenvalue weighted by Gasteiger charge is 2.05. The first-order valence-corrected chi connectivity index (χ1v) is 8.38. The fourth-order valence-corrected chi connectivity index (χ4v) is 2.65. The molecule has 0 bridgehead atoms. The molecule has 0 spiro atoms. The number of aryl methyl sites for hydroxylation is 2. The molecule has 0 aliphatic carbocycles. The van der Waals surface area contributed by atoms with Crippen LogP contribution in [0, 0.1) is 19.7 Å². The molecular weight excluding hydrogens is 313 g/mol. The van der Waals surface area contributed by atoms with E-state index in [2.05, 4.69) is 43.4 Å². The predicted molar refractivity (Wildman–Crippen MR) is 100 cm³/mol. The van der Waals surface area contributed by atoms with Gasteiger partial charge in [0.25, 0.3) is 0 Å². The summed E-state index contributed by atoms with van der Waals surface area (Å²) in [5, 5.41) is 3.49. The summed E-state index contributed by atoms with van der Waals surface area (Å²) in [5.74, 6) is 0.603. The van der Waals surface area contributed by atoms with Gasteiger partial charge < -0.3 is 10.1 Å². The number of hydrogen-bond donors (Lipinski definition) is 1. The van der Waals surface area contributed by atoms with E-state index in [9.17, 15) is 4.39 Å². The number of nitrogens with one attached hydrogen (secondary N) is 1. The molecule has 0 aromatic heterocycles. The number of ether oxygens (including phenoxy) is 1. The summed E-state index contributed by atoms with van der Waals surface area (Å²) in [7, 11) is 0. The molecule has 0 heterocycles. The van der Waals surface area contributed by atoms with Crippen molar-refractivity contribution in [2.45, 2.75) is 27.0 Å². The summed E-state index contributed by atoms with van der Waals surface area (Å²) < 4.78 is 18.9. The number of benzene rings is 3. The Morgan fingerprint density at radius 2 is 1.68 bits per heavy atom. The summed E-state index contributed by atoms with van der Waals surface area (Å²) in [5.41, 5.74) is 5.61. The van der Waals surface area contributed by atoms with Gasteiger partial charge in [-0.1, -0.05) is 42.5 Å². The molecule has 3 rings (SSSR count). The second-order valence-electron chi connectivity index (χ2n) is 6.19. The van der Waals surface area contributed by atoms with E-state index in [0.717, 1.165) is 22.6 Å². The Morgan fingerprint density at radius 1 is 0.920 bits per heavy atom. The Kier molecular flexibility index (Phi) is 5.34. The number of anilines is 1. The summed E-state index contributed by atoms with van der Waals surface area (Å²) in [6, 6.07) is 20.7. The van der Waals surface area contributed by atoms with Gasteiger partial charge in [-0.15, -0.1) is 0 Å². The van der Waals surface area contributed by atoms with Crippen LogP contribution in [0.2, 0.25) is 0 Å². The highest BCUT2D eigenvalue weighted by molar-refractivity contribution is 5.53. The SMILES string of the molecule is Cc1ccc(C)c(NCc2ccccc2OCc2ccc(F)cc2)c1. The number of halogens is 1. The zero-order valence-corrected chi connectivity index (χ0v) is 14.6. The van der Waals surface area contributed by atoms with Crippen LogP contribution < -0.4 is 10.1 Å². The van der Waals surface area contributed by atoms with E-state index in [-0.39, 0.29) is 5.82 Å². The van der Waals surface area contributed by atoms with Crippen LogP contribution in [-0.2, 0) is 13.2 Å². The molecule has 25 heavy (non-hydrogen) atoms. The Balaban J connectivity index is 1.68. The van der Waals surface area contributed by atoms with Gasteiger partial charge in [0.15, 0.2) is 0 Å². The quantitative estimate of drug-likeness (QED) is 0.630. The topological polar surface area (TPSA) is 21.3 Å². The maximum Gasteiger partial charge on any atom is 0.124 e. The van der Waals surface area contributed by atoms with Crippen LogP contribution in [0.25, 0.3) is 0 Å². The van der Waals surface area contributed by atoms with E-state index in [1.165, 1.54) is 23.3 Å². The van der Waals surface area contributed by atoms with E-state index in [1.54, 1.807) is 12.1 Å². The van der Waals surface area contributed by atoms with Crippen molar-refractivity contribution in [3.8, 4) is 5.75 Å². The van der Waals surface area contributed by atoms with E-state index < -0.39 is 0 Å². The van der Waals surface area contributed by atoms with E-state index >= 15 is 0 Å². The standard InChI is InChI=1S/C22H22FNO/c1-16-7-8-17(2)21(13-16)24-14-19-5-3-4-6-22(19)25-15-18-9-11-20(23)12-10-18/h3-13,24H,14-15H2,1-2H3. The molecule has 3 heteroatoms. The van der Waals surface area contributed by atoms with Crippen molar-refractivity contribution in [3.63, 3.8) is 0 Å². The molecule has 0 radical (unpaired) electrons. The van der Waals surface area contributed by atoms with Crippen LogP contribution in [0.1, 0.15) is 22.3 Å². The summed E-state index contributed by atoms with van der Waals surface area (Å²) in [6.07, 6.45) is 0. The van der Waals surface area contributed by atoms with Crippen molar-refractivity contribution >= 4 is 5.69 Å². The highest BCUT2D eigenvalue weighted by atomic mass is 19.1. The number of hydrogen-bond acceptors (Lipinski definition) is 2. The molecule has 0 aliphatic rings. The maximum absolute atomic E-state index is 13.0. The molecule has 0 amide bonds. The van der Waals surface area contributed by atoms with Crippen LogP contribution in [0.5, 0.6) is 5.75 Å². The van der Waals surface area contributed by atoms with Gasteiger partial charge in [0.05, 0.1) is 0 Å². The second-order valence-corrected chi connectivity index (χ2v) is 6.19. The monoisotopic (exact) mass is 335 g/mol. The van der Waals surface area contributed by atoms with Crippen molar-refractivity contribution < 1.29 is 9.13 Å². The zero-order valence-electron chi connectivity index (χ0n) is 14.6. The van der Waals surface area contributed by atoms with Gasteiger partial charge in [-0.2, -0.15) is 0 Å². The fourth-order valence-electron chi connectivity index (χ4n) is 2.65. The third-order valence-electron chi connectivity index (χ3n) is 4.14. The molecule has 3 aromatic carbocycles. The van der Waals surface area contributed by atoms with Crippen molar-refractivity contribution in [2.75, 3.05) is 5.32 Å². The largest absolute Gasteiger partial charge is 0.489 e. The van der Waals surface area contributed by atoms with Gasteiger partial charge in [-0.25, -0.2) is 4.39 Å². The average Bonchev–Trinajstić information content (AvgIpc) is 2.63. The van der Waals surface area contributed by atoms with Crippen LogP contribution in [-0.4, -0.2) is 0 Å². The third-order valence-corrected chi connectivity index (χ3v) is 4.14. The van der Waals surface area contributed by atoms with Crippen molar-refractivity contribution in [2.24, 2.45) is 0 Å². The molecule has 128 valence electrons. The predicted octanol–water partition coefficient (Wildman–Crippen LogP) is 5.63. The second kappa shape index (κ2) is 7.84. The molecule has 0 aliphatic heterocycles. The number of para-hydroxylation sites is 1.